The summed E-state index contributed by atoms with van der Waals surface area (Å²) in [6, 6.07) is 0. The number of aromatic nitrogens is 1. The van der Waals surface area contributed by atoms with E-state index in [0.717, 1.165) is 19.0 Å². The number of rotatable bonds is 4. The fourth-order valence-electron chi connectivity index (χ4n) is 2.31. The Hall–Kier alpha value is -0.160. The summed E-state index contributed by atoms with van der Waals surface area (Å²) >= 11 is 1.68. The largest absolute Gasteiger partial charge is 0.330 e. The molecule has 1 atom stereocenters. The predicted octanol–water partition coefficient (Wildman–Crippen LogP) is 2.13. The topological polar surface area (TPSA) is 42.1 Å². The van der Waals surface area contributed by atoms with E-state index in [2.05, 4.69) is 15.3 Å². The van der Waals surface area contributed by atoms with Crippen molar-refractivity contribution in [3.8, 4) is 0 Å². The molecule has 1 aliphatic heterocycles. The highest BCUT2D eigenvalue weighted by molar-refractivity contribution is 7.07. The van der Waals surface area contributed by atoms with Crippen molar-refractivity contribution in [2.24, 2.45) is 11.7 Å². The first kappa shape index (κ1) is 13.9. The first-order chi connectivity index (χ1) is 7.38. The van der Waals surface area contributed by atoms with Crippen LogP contribution in [0.15, 0.2) is 10.9 Å². The van der Waals surface area contributed by atoms with Crippen LogP contribution in [0.25, 0.3) is 0 Å². The lowest BCUT2D eigenvalue weighted by atomic mass is 9.95. The number of halogens is 1. The molecule has 0 saturated carbocycles. The highest BCUT2D eigenvalue weighted by Crippen LogP contribution is 2.20. The normalized spacial score (nSPS) is 21.7. The van der Waals surface area contributed by atoms with Gasteiger partial charge in [-0.15, -0.1) is 23.7 Å². The summed E-state index contributed by atoms with van der Waals surface area (Å²) in [5.41, 5.74) is 8.74. The SMILES string of the molecule is Cl.NCCC1CCCN(Cc2cscn2)C1. The van der Waals surface area contributed by atoms with Crippen LogP contribution in [0.3, 0.4) is 0 Å². The summed E-state index contributed by atoms with van der Waals surface area (Å²) in [4.78, 5) is 6.85. The van der Waals surface area contributed by atoms with E-state index in [0.29, 0.717) is 0 Å². The van der Waals surface area contributed by atoms with Gasteiger partial charge in [-0.05, 0) is 38.3 Å². The molecule has 1 aliphatic rings. The number of likely N-dealkylation sites (tertiary alicyclic amines) is 1. The third-order valence-corrected chi connectivity index (χ3v) is 3.68. The van der Waals surface area contributed by atoms with Crippen LogP contribution in [0.4, 0.5) is 0 Å². The van der Waals surface area contributed by atoms with Crippen molar-refractivity contribution in [1.82, 2.24) is 9.88 Å². The van der Waals surface area contributed by atoms with E-state index in [-0.39, 0.29) is 12.4 Å². The Labute approximate surface area is 107 Å². The van der Waals surface area contributed by atoms with E-state index >= 15 is 0 Å². The Morgan fingerprint density at radius 1 is 1.56 bits per heavy atom. The minimum Gasteiger partial charge on any atom is -0.330 e. The monoisotopic (exact) mass is 261 g/mol. The van der Waals surface area contributed by atoms with Crippen molar-refractivity contribution < 1.29 is 0 Å². The molecule has 0 aliphatic carbocycles. The van der Waals surface area contributed by atoms with Crippen LogP contribution in [-0.2, 0) is 6.54 Å². The highest BCUT2D eigenvalue weighted by Gasteiger charge is 2.19. The van der Waals surface area contributed by atoms with Gasteiger partial charge in [0.05, 0.1) is 11.2 Å². The first-order valence-electron chi connectivity index (χ1n) is 5.68. The lowest BCUT2D eigenvalue weighted by Gasteiger charge is -2.32. The third kappa shape index (κ3) is 4.01. The van der Waals surface area contributed by atoms with E-state index in [1.54, 1.807) is 11.3 Å². The second kappa shape index (κ2) is 7.22. The third-order valence-electron chi connectivity index (χ3n) is 3.05. The average Bonchev–Trinajstić information content (AvgIpc) is 2.71. The molecule has 1 aromatic heterocycles. The minimum atomic E-state index is 0. The first-order valence-corrected chi connectivity index (χ1v) is 6.62. The van der Waals surface area contributed by atoms with Crippen LogP contribution in [0, 0.1) is 5.92 Å². The maximum absolute atomic E-state index is 5.61. The van der Waals surface area contributed by atoms with Gasteiger partial charge in [-0.2, -0.15) is 0 Å². The van der Waals surface area contributed by atoms with E-state index in [4.69, 9.17) is 5.73 Å². The zero-order valence-electron chi connectivity index (χ0n) is 9.47. The Kier molecular flexibility index (Phi) is 6.28. The smallest absolute Gasteiger partial charge is 0.0795 e. The minimum absolute atomic E-state index is 0. The van der Waals surface area contributed by atoms with E-state index < -0.39 is 0 Å². The number of hydrogen-bond acceptors (Lipinski definition) is 4. The lowest BCUT2D eigenvalue weighted by Crippen LogP contribution is -2.35. The number of thiazole rings is 1. The Balaban J connectivity index is 0.00000128. The number of nitrogens with two attached hydrogens (primary N) is 1. The molecule has 1 saturated heterocycles. The number of nitrogens with zero attached hydrogens (tertiary/aromatic N) is 2. The van der Waals surface area contributed by atoms with Crippen LogP contribution in [0.2, 0.25) is 0 Å². The van der Waals surface area contributed by atoms with Crippen LogP contribution < -0.4 is 5.73 Å². The molecule has 2 rings (SSSR count). The Morgan fingerprint density at radius 2 is 2.44 bits per heavy atom. The summed E-state index contributed by atoms with van der Waals surface area (Å²) in [6.07, 6.45) is 3.84. The van der Waals surface area contributed by atoms with Gasteiger partial charge in [-0.25, -0.2) is 4.98 Å². The number of hydrogen-bond donors (Lipinski definition) is 1. The lowest BCUT2D eigenvalue weighted by molar-refractivity contribution is 0.161. The van der Waals surface area contributed by atoms with Crippen LogP contribution in [-0.4, -0.2) is 29.5 Å². The molecular formula is C11H20ClN3S. The van der Waals surface area contributed by atoms with Gasteiger partial charge >= 0.3 is 0 Å². The van der Waals surface area contributed by atoms with Gasteiger partial charge in [-0.3, -0.25) is 4.90 Å². The molecule has 0 amide bonds. The van der Waals surface area contributed by atoms with Crippen LogP contribution in [0.1, 0.15) is 25.0 Å². The van der Waals surface area contributed by atoms with Crippen LogP contribution >= 0.6 is 23.7 Å². The van der Waals surface area contributed by atoms with E-state index in [9.17, 15) is 0 Å². The zero-order valence-corrected chi connectivity index (χ0v) is 11.1. The maximum atomic E-state index is 5.61. The molecular weight excluding hydrogens is 242 g/mol. The molecule has 0 spiro atoms. The molecule has 1 aromatic rings. The fourth-order valence-corrected chi connectivity index (χ4v) is 2.86. The van der Waals surface area contributed by atoms with Gasteiger partial charge in [0, 0.05) is 18.5 Å². The molecule has 0 aromatic carbocycles. The van der Waals surface area contributed by atoms with Gasteiger partial charge in [-0.1, -0.05) is 0 Å². The van der Waals surface area contributed by atoms with Crippen molar-refractivity contribution in [2.45, 2.75) is 25.8 Å². The molecule has 1 unspecified atom stereocenters. The summed E-state index contributed by atoms with van der Waals surface area (Å²) in [5, 5.41) is 2.15. The van der Waals surface area contributed by atoms with Gasteiger partial charge < -0.3 is 5.73 Å². The van der Waals surface area contributed by atoms with Crippen molar-refractivity contribution in [3.05, 3.63) is 16.6 Å². The van der Waals surface area contributed by atoms with Gasteiger partial charge in [0.25, 0.3) is 0 Å². The summed E-state index contributed by atoms with van der Waals surface area (Å²) in [6.45, 7) is 4.27. The molecule has 1 fully saturated rings. The van der Waals surface area contributed by atoms with Crippen LogP contribution in [0.5, 0.6) is 0 Å². The van der Waals surface area contributed by atoms with E-state index in [1.807, 2.05) is 5.51 Å². The molecule has 16 heavy (non-hydrogen) atoms. The van der Waals surface area contributed by atoms with Gasteiger partial charge in [0.1, 0.15) is 0 Å². The highest BCUT2D eigenvalue weighted by atomic mass is 35.5. The zero-order chi connectivity index (χ0) is 10.5. The molecule has 3 nitrogen and oxygen atoms in total. The maximum Gasteiger partial charge on any atom is 0.0795 e. The van der Waals surface area contributed by atoms with Gasteiger partial charge in [0.15, 0.2) is 0 Å². The van der Waals surface area contributed by atoms with Crippen molar-refractivity contribution in [2.75, 3.05) is 19.6 Å². The van der Waals surface area contributed by atoms with Crippen molar-refractivity contribution in [1.29, 1.82) is 0 Å². The molecule has 2 N–H and O–H groups in total. The molecule has 0 radical (unpaired) electrons. The molecule has 92 valence electrons. The fraction of sp³-hybridized carbons (Fsp3) is 0.727. The standard InChI is InChI=1S/C11H19N3S.ClH/c12-4-3-10-2-1-5-14(6-10)7-11-8-15-9-13-11;/h8-10H,1-7,12H2;1H. The molecule has 0 bridgehead atoms. The Morgan fingerprint density at radius 3 is 3.12 bits per heavy atom. The summed E-state index contributed by atoms with van der Waals surface area (Å²) < 4.78 is 0. The predicted molar refractivity (Wildman–Crippen MR) is 71.0 cm³/mol. The second-order valence-corrected chi connectivity index (χ2v) is 5.02. The number of piperidine rings is 1. The molecule has 5 heteroatoms. The summed E-state index contributed by atoms with van der Waals surface area (Å²) in [7, 11) is 0. The molecule has 2 heterocycles. The van der Waals surface area contributed by atoms with Crippen molar-refractivity contribution >= 4 is 23.7 Å². The van der Waals surface area contributed by atoms with E-state index in [1.165, 1.54) is 38.0 Å². The van der Waals surface area contributed by atoms with Gasteiger partial charge in [0.2, 0.25) is 0 Å². The quantitative estimate of drug-likeness (QED) is 0.903. The second-order valence-electron chi connectivity index (χ2n) is 4.30. The Bertz CT molecular complexity index is 277. The summed E-state index contributed by atoms with van der Waals surface area (Å²) in [5.74, 6) is 0.808. The van der Waals surface area contributed by atoms with Crippen molar-refractivity contribution in [3.63, 3.8) is 0 Å². The average molecular weight is 262 g/mol.